The fourth-order valence-corrected chi connectivity index (χ4v) is 2.04. The van der Waals surface area contributed by atoms with Crippen molar-refractivity contribution in [1.82, 2.24) is 5.32 Å². The van der Waals surface area contributed by atoms with E-state index in [9.17, 15) is 14.9 Å². The van der Waals surface area contributed by atoms with Gasteiger partial charge in [0.25, 0.3) is 5.09 Å². The van der Waals surface area contributed by atoms with Crippen LogP contribution in [0.1, 0.15) is 0 Å². The topological polar surface area (TPSA) is 120 Å². The van der Waals surface area contributed by atoms with Crippen LogP contribution >= 0.6 is 0 Å². The second kappa shape index (κ2) is 4.82. The summed E-state index contributed by atoms with van der Waals surface area (Å²) in [7, 11) is 0. The van der Waals surface area contributed by atoms with Crippen LogP contribution in [-0.2, 0) is 19.1 Å². The largest absolute Gasteiger partial charge is 0.387 e. The molecule has 2 aliphatic heterocycles. The fourth-order valence-electron chi connectivity index (χ4n) is 2.04. The van der Waals surface area contributed by atoms with E-state index in [1.807, 2.05) is 0 Å². The fraction of sp³-hybridized carbons (Fsp3) is 0.875. The van der Waals surface area contributed by atoms with Gasteiger partial charge in [0, 0.05) is 0 Å². The van der Waals surface area contributed by atoms with Crippen molar-refractivity contribution < 1.29 is 29.3 Å². The van der Waals surface area contributed by atoms with Crippen molar-refractivity contribution in [3.63, 3.8) is 0 Å². The number of hydrogen-bond acceptors (Lipinski definition) is 7. The Morgan fingerprint density at radius 3 is 2.82 bits per heavy atom. The van der Waals surface area contributed by atoms with Crippen LogP contribution < -0.4 is 5.32 Å². The highest BCUT2D eigenvalue weighted by molar-refractivity contribution is 5.77. The average Bonchev–Trinajstić information content (AvgIpc) is 2.83. The van der Waals surface area contributed by atoms with Crippen LogP contribution in [0.15, 0.2) is 0 Å². The van der Waals surface area contributed by atoms with Crippen LogP contribution in [0.5, 0.6) is 0 Å². The molecule has 0 spiro atoms. The first-order valence-electron chi connectivity index (χ1n) is 5.06. The lowest BCUT2D eigenvalue weighted by Gasteiger charge is -2.16. The van der Waals surface area contributed by atoms with Crippen LogP contribution in [0, 0.1) is 10.1 Å². The van der Waals surface area contributed by atoms with Gasteiger partial charge in [-0.15, -0.1) is 10.1 Å². The van der Waals surface area contributed by atoms with Gasteiger partial charge < -0.3 is 24.7 Å². The molecule has 1 amide bonds. The summed E-state index contributed by atoms with van der Waals surface area (Å²) < 4.78 is 10.6. The molecule has 0 bridgehead atoms. The first-order chi connectivity index (χ1) is 8.11. The van der Waals surface area contributed by atoms with Crippen molar-refractivity contribution in [2.24, 2.45) is 0 Å². The van der Waals surface area contributed by atoms with Gasteiger partial charge in [-0.3, -0.25) is 4.79 Å². The zero-order chi connectivity index (χ0) is 12.4. The van der Waals surface area contributed by atoms with E-state index < -0.39 is 42.0 Å². The molecular weight excluding hydrogens is 236 g/mol. The maximum atomic E-state index is 11.0. The molecule has 0 radical (unpaired) electrons. The minimum Gasteiger partial charge on any atom is -0.387 e. The molecule has 0 aromatic rings. The van der Waals surface area contributed by atoms with Gasteiger partial charge in [0.2, 0.25) is 5.91 Å². The third kappa shape index (κ3) is 2.46. The van der Waals surface area contributed by atoms with Crippen molar-refractivity contribution in [1.29, 1.82) is 0 Å². The maximum absolute atomic E-state index is 11.0. The molecule has 2 aliphatic rings. The Labute approximate surface area is 95.7 Å². The normalized spacial score (nSPS) is 35.4. The van der Waals surface area contributed by atoms with Crippen molar-refractivity contribution in [2.45, 2.75) is 24.4 Å². The molecule has 9 heteroatoms. The molecule has 2 fully saturated rings. The van der Waals surface area contributed by atoms with E-state index in [0.717, 1.165) is 0 Å². The highest BCUT2D eigenvalue weighted by atomic mass is 17.0. The summed E-state index contributed by atoms with van der Waals surface area (Å²) in [5, 5.41) is 20.4. The molecule has 2 rings (SSSR count). The average molecular weight is 248 g/mol. The van der Waals surface area contributed by atoms with Gasteiger partial charge in [0.15, 0.2) is 6.10 Å². The molecular formula is C8H12N2O7. The molecule has 0 aromatic carbocycles. The van der Waals surface area contributed by atoms with Gasteiger partial charge in [0.05, 0.1) is 19.3 Å². The number of aliphatic hydroxyl groups excluding tert-OH is 1. The minimum absolute atomic E-state index is 0.0435. The third-order valence-corrected chi connectivity index (χ3v) is 2.72. The number of aliphatic hydroxyl groups is 1. The number of carbonyl (C=O) groups is 1. The van der Waals surface area contributed by atoms with Gasteiger partial charge in [-0.25, -0.2) is 0 Å². The molecule has 2 heterocycles. The quantitative estimate of drug-likeness (QED) is 0.429. The van der Waals surface area contributed by atoms with E-state index in [1.54, 1.807) is 0 Å². The number of amides is 1. The SMILES string of the molecule is O=C(CO)NC1COC2C(O[N+](=O)[O-])COC12. The predicted octanol–water partition coefficient (Wildman–Crippen LogP) is -2.16. The van der Waals surface area contributed by atoms with Gasteiger partial charge in [-0.1, -0.05) is 0 Å². The van der Waals surface area contributed by atoms with E-state index in [1.165, 1.54) is 0 Å². The molecule has 4 atom stereocenters. The lowest BCUT2D eigenvalue weighted by atomic mass is 10.1. The Balaban J connectivity index is 1.92. The molecule has 0 saturated carbocycles. The van der Waals surface area contributed by atoms with Gasteiger partial charge in [-0.05, 0) is 0 Å². The number of hydrogen-bond donors (Lipinski definition) is 2. The zero-order valence-electron chi connectivity index (χ0n) is 8.77. The number of rotatable bonds is 4. The van der Waals surface area contributed by atoms with Crippen LogP contribution in [0.3, 0.4) is 0 Å². The number of nitrogens with zero attached hydrogens (tertiary/aromatic N) is 1. The Morgan fingerprint density at radius 1 is 1.47 bits per heavy atom. The molecule has 0 aromatic heterocycles. The van der Waals surface area contributed by atoms with E-state index >= 15 is 0 Å². The maximum Gasteiger partial charge on any atom is 0.294 e. The van der Waals surface area contributed by atoms with E-state index in [2.05, 4.69) is 10.2 Å². The number of fused-ring (bicyclic) bond motifs is 1. The summed E-state index contributed by atoms with van der Waals surface area (Å²) >= 11 is 0. The van der Waals surface area contributed by atoms with E-state index in [0.29, 0.717) is 0 Å². The summed E-state index contributed by atoms with van der Waals surface area (Å²) in [6.45, 7) is -0.400. The number of carbonyl (C=O) groups excluding carboxylic acids is 1. The standard InChI is InChI=1S/C8H12N2O7/c11-1-6(12)9-4-2-15-8-5(17-10(13)14)3-16-7(4)8/h4-5,7-8,11H,1-3H2,(H,9,12). The molecule has 0 aliphatic carbocycles. The molecule has 96 valence electrons. The first-order valence-corrected chi connectivity index (χ1v) is 5.06. The van der Waals surface area contributed by atoms with Crippen LogP contribution in [0.4, 0.5) is 0 Å². The Kier molecular flexibility index (Phi) is 3.41. The highest BCUT2D eigenvalue weighted by Gasteiger charge is 2.49. The van der Waals surface area contributed by atoms with E-state index in [-0.39, 0.29) is 13.2 Å². The van der Waals surface area contributed by atoms with Gasteiger partial charge in [-0.2, -0.15) is 0 Å². The number of ether oxygens (including phenoxy) is 2. The Hall–Kier alpha value is -1.45. The second-order valence-electron chi connectivity index (χ2n) is 3.80. The van der Waals surface area contributed by atoms with Crippen molar-refractivity contribution in [3.8, 4) is 0 Å². The van der Waals surface area contributed by atoms with Gasteiger partial charge >= 0.3 is 0 Å². The zero-order valence-corrected chi connectivity index (χ0v) is 8.77. The van der Waals surface area contributed by atoms with Gasteiger partial charge in [0.1, 0.15) is 18.8 Å². The third-order valence-electron chi connectivity index (χ3n) is 2.72. The first kappa shape index (κ1) is 12.0. The van der Waals surface area contributed by atoms with Crippen molar-refractivity contribution >= 4 is 5.91 Å². The van der Waals surface area contributed by atoms with E-state index in [4.69, 9.17) is 14.6 Å². The highest BCUT2D eigenvalue weighted by Crippen LogP contribution is 2.28. The summed E-state index contributed by atoms with van der Waals surface area (Å²) in [5.74, 6) is -0.540. The lowest BCUT2D eigenvalue weighted by Crippen LogP contribution is -2.45. The Bertz CT molecular complexity index is 323. The van der Waals surface area contributed by atoms with Crippen molar-refractivity contribution in [3.05, 3.63) is 10.1 Å². The van der Waals surface area contributed by atoms with Crippen LogP contribution in [0.2, 0.25) is 0 Å². The molecule has 2 N–H and O–H groups in total. The summed E-state index contributed by atoms with van der Waals surface area (Å²) in [6.07, 6.45) is -1.81. The second-order valence-corrected chi connectivity index (χ2v) is 3.80. The summed E-state index contributed by atoms with van der Waals surface area (Å²) in [5.41, 5.74) is 0. The monoisotopic (exact) mass is 248 g/mol. The van der Waals surface area contributed by atoms with Crippen molar-refractivity contribution in [2.75, 3.05) is 19.8 Å². The Morgan fingerprint density at radius 2 is 2.18 bits per heavy atom. The summed E-state index contributed by atoms with van der Waals surface area (Å²) in [4.78, 5) is 25.6. The summed E-state index contributed by atoms with van der Waals surface area (Å²) in [6, 6.07) is -0.417. The molecule has 17 heavy (non-hydrogen) atoms. The lowest BCUT2D eigenvalue weighted by molar-refractivity contribution is -0.769. The smallest absolute Gasteiger partial charge is 0.294 e. The van der Waals surface area contributed by atoms with Crippen LogP contribution in [0.25, 0.3) is 0 Å². The minimum atomic E-state index is -0.889. The molecule has 9 nitrogen and oxygen atoms in total. The predicted molar refractivity (Wildman–Crippen MR) is 50.4 cm³/mol. The molecule has 4 unspecified atom stereocenters. The number of nitrogens with one attached hydrogen (secondary N) is 1. The molecule has 2 saturated heterocycles. The van der Waals surface area contributed by atoms with Crippen LogP contribution in [-0.4, -0.2) is 60.3 Å².